The molecule has 10 heteroatoms. The average molecular weight is 448 g/mol. The Kier molecular flexibility index (Phi) is 5.32. The molecule has 2 saturated carbocycles. The van der Waals surface area contributed by atoms with Crippen molar-refractivity contribution < 1.29 is 13.2 Å². The topological polar surface area (TPSA) is 97.2 Å². The van der Waals surface area contributed by atoms with Crippen molar-refractivity contribution in [3.8, 4) is 0 Å². The molecule has 0 bridgehead atoms. The van der Waals surface area contributed by atoms with Gasteiger partial charge in [0.25, 0.3) is 0 Å². The number of hydrogen-bond donors (Lipinski definition) is 1. The number of benzene rings is 1. The third-order valence-corrected chi connectivity index (χ3v) is 8.54. The number of carbonyl (C=O) groups is 1. The fourth-order valence-electron chi connectivity index (χ4n) is 3.82. The van der Waals surface area contributed by atoms with Gasteiger partial charge in [-0.2, -0.15) is 4.31 Å². The van der Waals surface area contributed by atoms with Gasteiger partial charge >= 0.3 is 0 Å². The maximum absolute atomic E-state index is 12.7. The number of anilines is 1. The van der Waals surface area contributed by atoms with Gasteiger partial charge in [-0.3, -0.25) is 4.79 Å². The summed E-state index contributed by atoms with van der Waals surface area (Å²) in [5, 5.41) is 12.3. The molecule has 5 rings (SSSR count). The molecule has 3 fully saturated rings. The molecule has 160 valence electrons. The third-order valence-electron chi connectivity index (χ3n) is 5.70. The van der Waals surface area contributed by atoms with E-state index in [4.69, 9.17) is 0 Å². The lowest BCUT2D eigenvalue weighted by molar-refractivity contribution is -0.113. The predicted octanol–water partition coefficient (Wildman–Crippen LogP) is 3.01. The molecule has 0 spiro atoms. The summed E-state index contributed by atoms with van der Waals surface area (Å²) < 4.78 is 29.2. The first-order valence-corrected chi connectivity index (χ1v) is 12.9. The van der Waals surface area contributed by atoms with E-state index in [1.165, 1.54) is 35.0 Å². The van der Waals surface area contributed by atoms with Crippen molar-refractivity contribution >= 4 is 33.4 Å². The second-order valence-electron chi connectivity index (χ2n) is 8.19. The van der Waals surface area contributed by atoms with E-state index in [1.54, 1.807) is 18.2 Å². The van der Waals surface area contributed by atoms with Crippen LogP contribution in [0.25, 0.3) is 0 Å². The summed E-state index contributed by atoms with van der Waals surface area (Å²) in [5.74, 6) is 1.62. The number of aromatic nitrogens is 3. The molecular formula is C20H25N5O3S2. The largest absolute Gasteiger partial charge is 0.325 e. The van der Waals surface area contributed by atoms with Crippen LogP contribution in [-0.2, 0) is 14.8 Å². The summed E-state index contributed by atoms with van der Waals surface area (Å²) in [6.45, 7) is 1.11. The van der Waals surface area contributed by atoms with Crippen molar-refractivity contribution in [2.75, 3.05) is 24.2 Å². The Bertz CT molecular complexity index is 1050. The monoisotopic (exact) mass is 447 g/mol. The second-order valence-corrected chi connectivity index (χ2v) is 11.1. The first-order chi connectivity index (χ1) is 14.5. The van der Waals surface area contributed by atoms with Crippen LogP contribution in [0.5, 0.6) is 0 Å². The fourth-order valence-corrected chi connectivity index (χ4v) is 6.20. The molecule has 1 aliphatic heterocycles. The Morgan fingerprint density at radius 3 is 2.60 bits per heavy atom. The maximum Gasteiger partial charge on any atom is 0.243 e. The minimum Gasteiger partial charge on any atom is -0.325 e. The minimum absolute atomic E-state index is 0.186. The van der Waals surface area contributed by atoms with E-state index in [0.717, 1.165) is 36.7 Å². The van der Waals surface area contributed by atoms with Crippen LogP contribution >= 0.6 is 11.8 Å². The number of hydrogen-bond acceptors (Lipinski definition) is 6. The zero-order chi connectivity index (χ0) is 20.7. The van der Waals surface area contributed by atoms with E-state index in [9.17, 15) is 13.2 Å². The Morgan fingerprint density at radius 2 is 1.90 bits per heavy atom. The van der Waals surface area contributed by atoms with Crippen LogP contribution in [0, 0.1) is 0 Å². The molecule has 1 aromatic heterocycles. The highest BCUT2D eigenvalue weighted by atomic mass is 32.2. The van der Waals surface area contributed by atoms with Gasteiger partial charge in [-0.05, 0) is 56.7 Å². The highest BCUT2D eigenvalue weighted by molar-refractivity contribution is 7.99. The average Bonchev–Trinajstić information content (AvgIpc) is 3.66. The molecule has 2 heterocycles. The highest BCUT2D eigenvalue weighted by Gasteiger charge is 2.36. The Morgan fingerprint density at radius 1 is 1.13 bits per heavy atom. The lowest BCUT2D eigenvalue weighted by Gasteiger charge is -2.16. The summed E-state index contributed by atoms with van der Waals surface area (Å²) in [6, 6.07) is 6.97. The zero-order valence-corrected chi connectivity index (χ0v) is 18.3. The summed E-state index contributed by atoms with van der Waals surface area (Å²) >= 11 is 1.39. The van der Waals surface area contributed by atoms with Crippen LogP contribution in [-0.4, -0.2) is 52.2 Å². The zero-order valence-electron chi connectivity index (χ0n) is 16.7. The molecule has 0 radical (unpaired) electrons. The Labute approximate surface area is 180 Å². The molecule has 3 aliphatic rings. The number of carbonyl (C=O) groups excluding carboxylic acids is 1. The van der Waals surface area contributed by atoms with Gasteiger partial charge in [0.15, 0.2) is 5.16 Å². The number of nitrogens with one attached hydrogen (secondary N) is 1. The van der Waals surface area contributed by atoms with Gasteiger partial charge in [-0.15, -0.1) is 10.2 Å². The number of thioether (sulfide) groups is 1. The Hall–Kier alpha value is -1.91. The normalized spacial score (nSPS) is 19.9. The van der Waals surface area contributed by atoms with E-state index in [1.807, 2.05) is 0 Å². The quantitative estimate of drug-likeness (QED) is 0.625. The van der Waals surface area contributed by atoms with E-state index in [-0.39, 0.29) is 16.6 Å². The van der Waals surface area contributed by atoms with Crippen LogP contribution in [0.3, 0.4) is 0 Å². The lowest BCUT2D eigenvalue weighted by Crippen LogP contribution is -2.28. The van der Waals surface area contributed by atoms with Gasteiger partial charge in [0.05, 0.1) is 10.6 Å². The number of nitrogens with zero attached hydrogens (tertiary/aromatic N) is 4. The first-order valence-electron chi connectivity index (χ1n) is 10.5. The van der Waals surface area contributed by atoms with Gasteiger partial charge in [-0.1, -0.05) is 17.8 Å². The molecule has 1 saturated heterocycles. The van der Waals surface area contributed by atoms with Crippen molar-refractivity contribution in [3.63, 3.8) is 0 Å². The molecule has 2 aromatic rings. The van der Waals surface area contributed by atoms with Crippen LogP contribution < -0.4 is 5.32 Å². The van der Waals surface area contributed by atoms with Crippen molar-refractivity contribution in [3.05, 3.63) is 30.1 Å². The van der Waals surface area contributed by atoms with Crippen LogP contribution in [0.4, 0.5) is 5.69 Å². The molecule has 2 aliphatic carbocycles. The van der Waals surface area contributed by atoms with Gasteiger partial charge < -0.3 is 9.88 Å². The van der Waals surface area contributed by atoms with E-state index in [2.05, 4.69) is 20.1 Å². The number of sulfonamides is 1. The second kappa shape index (κ2) is 7.97. The summed E-state index contributed by atoms with van der Waals surface area (Å²) in [7, 11) is -3.50. The smallest absolute Gasteiger partial charge is 0.243 e. The molecule has 30 heavy (non-hydrogen) atoms. The highest BCUT2D eigenvalue weighted by Crippen LogP contribution is 2.46. The number of amides is 1. The molecule has 0 atom stereocenters. The summed E-state index contributed by atoms with van der Waals surface area (Å²) in [5.41, 5.74) is 0.489. The summed E-state index contributed by atoms with van der Waals surface area (Å²) in [4.78, 5) is 12.7. The van der Waals surface area contributed by atoms with Crippen LogP contribution in [0.15, 0.2) is 34.3 Å². The van der Waals surface area contributed by atoms with Gasteiger partial charge in [-0.25, -0.2) is 8.42 Å². The number of rotatable bonds is 8. The maximum atomic E-state index is 12.7. The standard InChI is InChI=1S/C20H25N5O3S2/c26-18(13-29-20-23-22-19(14-6-7-14)25(20)16-8-9-16)21-15-4-3-5-17(12-15)30(27,28)24-10-1-2-11-24/h3-5,12,14,16H,1-2,6-11,13H2,(H,21,26). The van der Waals surface area contributed by atoms with E-state index >= 15 is 0 Å². The van der Waals surface area contributed by atoms with Crippen LogP contribution in [0.2, 0.25) is 0 Å². The Balaban J connectivity index is 1.23. The SMILES string of the molecule is O=C(CSc1nnc(C2CC2)n1C1CC1)Nc1cccc(S(=O)(=O)N2CCCC2)c1. The molecule has 0 unspecified atom stereocenters. The van der Waals surface area contributed by atoms with Gasteiger partial charge in [0.1, 0.15) is 5.82 Å². The molecule has 1 amide bonds. The van der Waals surface area contributed by atoms with Crippen molar-refractivity contribution in [1.29, 1.82) is 0 Å². The van der Waals surface area contributed by atoms with Gasteiger partial charge in [0, 0.05) is 30.7 Å². The van der Waals surface area contributed by atoms with Gasteiger partial charge in [0.2, 0.25) is 15.9 Å². The fraction of sp³-hybridized carbons (Fsp3) is 0.550. The first kappa shape index (κ1) is 20.0. The van der Waals surface area contributed by atoms with E-state index in [0.29, 0.717) is 30.7 Å². The van der Waals surface area contributed by atoms with Crippen molar-refractivity contribution in [2.24, 2.45) is 0 Å². The summed E-state index contributed by atoms with van der Waals surface area (Å²) in [6.07, 6.45) is 6.42. The molecule has 1 N–H and O–H groups in total. The van der Waals surface area contributed by atoms with Crippen molar-refractivity contribution in [1.82, 2.24) is 19.1 Å². The lowest BCUT2D eigenvalue weighted by atomic mass is 10.3. The van der Waals surface area contributed by atoms with Crippen LogP contribution in [0.1, 0.15) is 56.3 Å². The molecule has 8 nitrogen and oxygen atoms in total. The molecule has 1 aromatic carbocycles. The predicted molar refractivity (Wildman–Crippen MR) is 114 cm³/mol. The minimum atomic E-state index is -3.50. The van der Waals surface area contributed by atoms with Crippen molar-refractivity contribution in [2.45, 2.75) is 60.5 Å². The van der Waals surface area contributed by atoms with E-state index < -0.39 is 10.0 Å². The molecular weight excluding hydrogens is 422 g/mol. The third kappa shape index (κ3) is 4.13.